The summed E-state index contributed by atoms with van der Waals surface area (Å²) in [5.41, 5.74) is 1.26. The van der Waals surface area contributed by atoms with Gasteiger partial charge in [-0.25, -0.2) is 0 Å². The third kappa shape index (κ3) is 1.39. The molecule has 2 nitrogen and oxygen atoms in total. The quantitative estimate of drug-likeness (QED) is 0.609. The zero-order valence-electron chi connectivity index (χ0n) is 8.32. The molecule has 3 rings (SSSR count). The van der Waals surface area contributed by atoms with Gasteiger partial charge in [0.2, 0.25) is 0 Å². The van der Waals surface area contributed by atoms with E-state index in [9.17, 15) is 0 Å². The molecule has 0 saturated heterocycles. The number of fused-ring (bicyclic) bond motifs is 2. The Balaban J connectivity index is 2.06. The number of rotatable bonds is 1. The molecule has 1 aliphatic heterocycles. The average molecular weight is 218 g/mol. The highest BCUT2D eigenvalue weighted by Gasteiger charge is 2.19. The normalized spacial score (nSPS) is 12.3. The summed E-state index contributed by atoms with van der Waals surface area (Å²) in [5.74, 6) is 3.26. The molecule has 15 heavy (non-hydrogen) atoms. The molecule has 0 amide bonds. The second kappa shape index (κ2) is 3.28. The van der Waals surface area contributed by atoms with Crippen LogP contribution in [0, 0.1) is 0 Å². The molecule has 76 valence electrons. The largest absolute Gasteiger partial charge is 0.449 e. The first-order valence-corrected chi connectivity index (χ1v) is 5.86. The van der Waals surface area contributed by atoms with Crippen molar-refractivity contribution in [2.45, 2.75) is 13.3 Å². The maximum atomic E-state index is 5.75. The second-order valence-corrected chi connectivity index (χ2v) is 4.18. The summed E-state index contributed by atoms with van der Waals surface area (Å²) >= 11 is 1.59. The van der Waals surface area contributed by atoms with Gasteiger partial charge in [0.1, 0.15) is 0 Å². The van der Waals surface area contributed by atoms with Crippen LogP contribution in [0.4, 0.5) is 0 Å². The first-order chi connectivity index (χ1) is 7.36. The van der Waals surface area contributed by atoms with Crippen LogP contribution >= 0.6 is 11.3 Å². The van der Waals surface area contributed by atoms with Gasteiger partial charge in [0.05, 0.1) is 0 Å². The van der Waals surface area contributed by atoms with Gasteiger partial charge in [0, 0.05) is 10.8 Å². The molecule has 0 saturated carbocycles. The molecule has 2 heterocycles. The predicted octanol–water partition coefficient (Wildman–Crippen LogP) is 4.21. The predicted molar refractivity (Wildman–Crippen MR) is 60.3 cm³/mol. The number of aryl methyl sites for hydroxylation is 1. The maximum Gasteiger partial charge on any atom is 0.180 e. The molecule has 0 atom stereocenters. The molecule has 0 aliphatic carbocycles. The highest BCUT2D eigenvalue weighted by molar-refractivity contribution is 7.08. The minimum Gasteiger partial charge on any atom is -0.449 e. The molecule has 1 aromatic heterocycles. The van der Waals surface area contributed by atoms with Gasteiger partial charge >= 0.3 is 0 Å². The van der Waals surface area contributed by atoms with Crippen LogP contribution in [0.3, 0.4) is 0 Å². The Morgan fingerprint density at radius 3 is 2.47 bits per heavy atom. The minimum atomic E-state index is 0.804. The number of benzene rings is 1. The third-order valence-corrected chi connectivity index (χ3v) is 3.15. The zero-order valence-corrected chi connectivity index (χ0v) is 9.14. The van der Waals surface area contributed by atoms with E-state index < -0.39 is 0 Å². The van der Waals surface area contributed by atoms with E-state index in [0.29, 0.717) is 0 Å². The molecule has 3 heteroatoms. The van der Waals surface area contributed by atoms with E-state index in [1.165, 1.54) is 5.56 Å². The lowest BCUT2D eigenvalue weighted by Crippen LogP contribution is -1.97. The first-order valence-electron chi connectivity index (χ1n) is 4.91. The van der Waals surface area contributed by atoms with Crippen molar-refractivity contribution in [2.75, 3.05) is 0 Å². The molecule has 1 aromatic carbocycles. The summed E-state index contributed by atoms with van der Waals surface area (Å²) in [6, 6.07) is 6.07. The highest BCUT2D eigenvalue weighted by Crippen LogP contribution is 2.47. The molecular formula is C12H10O2S. The first kappa shape index (κ1) is 8.80. The summed E-state index contributed by atoms with van der Waals surface area (Å²) in [5, 5.41) is 3.91. The average Bonchev–Trinajstić information content (AvgIpc) is 2.72. The van der Waals surface area contributed by atoms with Crippen molar-refractivity contribution in [3.8, 4) is 23.0 Å². The smallest absolute Gasteiger partial charge is 0.180 e. The van der Waals surface area contributed by atoms with E-state index in [-0.39, 0.29) is 0 Å². The fourth-order valence-electron chi connectivity index (χ4n) is 1.60. The summed E-state index contributed by atoms with van der Waals surface area (Å²) in [7, 11) is 0. The summed E-state index contributed by atoms with van der Waals surface area (Å²) in [6.45, 7) is 2.13. The Morgan fingerprint density at radius 1 is 1.00 bits per heavy atom. The van der Waals surface area contributed by atoms with Crippen molar-refractivity contribution in [1.29, 1.82) is 0 Å². The van der Waals surface area contributed by atoms with Gasteiger partial charge in [0.25, 0.3) is 0 Å². The third-order valence-electron chi connectivity index (χ3n) is 2.45. The van der Waals surface area contributed by atoms with E-state index in [4.69, 9.17) is 9.47 Å². The number of thiophene rings is 1. The number of hydrogen-bond donors (Lipinski definition) is 0. The van der Waals surface area contributed by atoms with Crippen molar-refractivity contribution >= 4 is 11.3 Å². The van der Waals surface area contributed by atoms with Crippen LogP contribution in [0.1, 0.15) is 12.5 Å². The molecular weight excluding hydrogens is 208 g/mol. The number of ether oxygens (including phenoxy) is 2. The van der Waals surface area contributed by atoms with E-state index in [0.717, 1.165) is 29.4 Å². The van der Waals surface area contributed by atoms with E-state index >= 15 is 0 Å². The lowest BCUT2D eigenvalue weighted by atomic mass is 10.1. The summed E-state index contributed by atoms with van der Waals surface area (Å²) in [4.78, 5) is 0. The van der Waals surface area contributed by atoms with Crippen LogP contribution in [0.2, 0.25) is 0 Å². The SMILES string of the molecule is CCc1ccc2c(c1)Oc1cscc1O2. The second-order valence-electron chi connectivity index (χ2n) is 3.44. The van der Waals surface area contributed by atoms with Gasteiger partial charge in [-0.3, -0.25) is 0 Å². The van der Waals surface area contributed by atoms with Crippen LogP contribution in [0.5, 0.6) is 23.0 Å². The summed E-state index contributed by atoms with van der Waals surface area (Å²) < 4.78 is 11.4. The lowest BCUT2D eigenvalue weighted by molar-refractivity contribution is 0.362. The van der Waals surface area contributed by atoms with E-state index in [1.807, 2.05) is 22.9 Å². The Labute approximate surface area is 92.1 Å². The van der Waals surface area contributed by atoms with Gasteiger partial charge in [-0.1, -0.05) is 13.0 Å². The fourth-order valence-corrected chi connectivity index (χ4v) is 2.24. The van der Waals surface area contributed by atoms with Gasteiger partial charge in [-0.05, 0) is 24.1 Å². The van der Waals surface area contributed by atoms with Crippen LogP contribution in [-0.2, 0) is 6.42 Å². The van der Waals surface area contributed by atoms with Crippen molar-refractivity contribution < 1.29 is 9.47 Å². The van der Waals surface area contributed by atoms with Crippen molar-refractivity contribution in [3.05, 3.63) is 34.5 Å². The Morgan fingerprint density at radius 2 is 1.73 bits per heavy atom. The van der Waals surface area contributed by atoms with Gasteiger partial charge in [-0.15, -0.1) is 11.3 Å². The monoisotopic (exact) mass is 218 g/mol. The fraction of sp³-hybridized carbons (Fsp3) is 0.167. The molecule has 2 aromatic rings. The maximum absolute atomic E-state index is 5.75. The van der Waals surface area contributed by atoms with Crippen LogP contribution < -0.4 is 9.47 Å². The van der Waals surface area contributed by atoms with Crippen molar-refractivity contribution in [1.82, 2.24) is 0 Å². The zero-order chi connectivity index (χ0) is 10.3. The van der Waals surface area contributed by atoms with Gasteiger partial charge < -0.3 is 9.47 Å². The van der Waals surface area contributed by atoms with E-state index in [2.05, 4.69) is 13.0 Å². The molecule has 0 radical (unpaired) electrons. The lowest BCUT2D eigenvalue weighted by Gasteiger charge is -2.18. The minimum absolute atomic E-state index is 0.804. The number of hydrogen-bond acceptors (Lipinski definition) is 3. The van der Waals surface area contributed by atoms with Crippen molar-refractivity contribution in [2.24, 2.45) is 0 Å². The van der Waals surface area contributed by atoms with Crippen LogP contribution in [0.25, 0.3) is 0 Å². The topological polar surface area (TPSA) is 18.5 Å². The molecule has 0 N–H and O–H groups in total. The summed E-state index contributed by atoms with van der Waals surface area (Å²) in [6.07, 6.45) is 1.01. The van der Waals surface area contributed by atoms with Gasteiger partial charge in [-0.2, -0.15) is 0 Å². The van der Waals surface area contributed by atoms with E-state index in [1.54, 1.807) is 11.3 Å². The van der Waals surface area contributed by atoms with Crippen molar-refractivity contribution in [3.63, 3.8) is 0 Å². The highest BCUT2D eigenvalue weighted by atomic mass is 32.1. The molecule has 0 bridgehead atoms. The molecule has 1 aliphatic rings. The molecule has 0 unspecified atom stereocenters. The molecule has 0 spiro atoms. The Hall–Kier alpha value is -1.48. The standard InChI is InChI=1S/C12H10O2S/c1-2-8-3-4-9-10(5-8)14-12-7-15-6-11(12)13-9/h3-7H,2H2,1H3. The Bertz CT molecular complexity index is 502. The Kier molecular flexibility index (Phi) is 1.92. The van der Waals surface area contributed by atoms with Crippen LogP contribution in [-0.4, -0.2) is 0 Å². The molecule has 0 fully saturated rings. The van der Waals surface area contributed by atoms with Gasteiger partial charge in [0.15, 0.2) is 23.0 Å². The van der Waals surface area contributed by atoms with Crippen LogP contribution in [0.15, 0.2) is 29.0 Å².